The summed E-state index contributed by atoms with van der Waals surface area (Å²) in [6.07, 6.45) is 2.20. The van der Waals surface area contributed by atoms with Crippen molar-refractivity contribution in [3.05, 3.63) is 28.2 Å². The third-order valence-electron chi connectivity index (χ3n) is 3.66. The molecule has 0 bridgehead atoms. The van der Waals surface area contributed by atoms with Crippen molar-refractivity contribution in [3.63, 3.8) is 0 Å². The van der Waals surface area contributed by atoms with Gasteiger partial charge in [-0.3, -0.25) is 0 Å². The lowest BCUT2D eigenvalue weighted by Gasteiger charge is -2.31. The molecular weight excluding hydrogens is 306 g/mol. The Kier molecular flexibility index (Phi) is 5.67. The van der Waals surface area contributed by atoms with Crippen molar-refractivity contribution >= 4 is 15.9 Å². The molecule has 1 aliphatic heterocycles. The van der Waals surface area contributed by atoms with Gasteiger partial charge in [0.2, 0.25) is 0 Å². The Balaban J connectivity index is 2.27. The fourth-order valence-electron chi connectivity index (χ4n) is 2.74. The van der Waals surface area contributed by atoms with Gasteiger partial charge >= 0.3 is 0 Å². The number of ether oxygens (including phenoxy) is 2. The highest BCUT2D eigenvalue weighted by Crippen LogP contribution is 2.36. The molecule has 1 fully saturated rings. The standard InChI is InChI=1S/C15H22BrNO2/c1-3-19-14-5-4-12(16)10-13(14)15(17-2)11-6-8-18-9-7-11/h4-5,10-11,15,17H,3,6-9H2,1-2H3. The molecule has 1 saturated heterocycles. The number of benzene rings is 1. The lowest BCUT2D eigenvalue weighted by Crippen LogP contribution is -2.30. The third-order valence-corrected chi connectivity index (χ3v) is 4.15. The van der Waals surface area contributed by atoms with Gasteiger partial charge in [-0.25, -0.2) is 0 Å². The normalized spacial score (nSPS) is 18.3. The number of rotatable bonds is 5. The molecule has 1 aromatic carbocycles. The smallest absolute Gasteiger partial charge is 0.124 e. The number of halogens is 1. The Morgan fingerprint density at radius 2 is 2.16 bits per heavy atom. The van der Waals surface area contributed by atoms with Gasteiger partial charge in [0.05, 0.1) is 6.61 Å². The summed E-state index contributed by atoms with van der Waals surface area (Å²) in [5.74, 6) is 1.59. The molecule has 0 saturated carbocycles. The lowest BCUT2D eigenvalue weighted by molar-refractivity contribution is 0.0542. The van der Waals surface area contributed by atoms with E-state index in [1.54, 1.807) is 0 Å². The lowest BCUT2D eigenvalue weighted by atomic mass is 9.87. The number of nitrogens with one attached hydrogen (secondary N) is 1. The highest BCUT2D eigenvalue weighted by molar-refractivity contribution is 9.10. The van der Waals surface area contributed by atoms with Crippen LogP contribution in [0.2, 0.25) is 0 Å². The van der Waals surface area contributed by atoms with Gasteiger partial charge in [0, 0.05) is 29.3 Å². The summed E-state index contributed by atoms with van der Waals surface area (Å²) in [5, 5.41) is 3.46. The van der Waals surface area contributed by atoms with E-state index in [0.717, 1.165) is 36.3 Å². The summed E-state index contributed by atoms with van der Waals surface area (Å²) in [5.41, 5.74) is 1.24. The van der Waals surface area contributed by atoms with Crippen molar-refractivity contribution in [1.82, 2.24) is 5.32 Å². The second-order valence-corrected chi connectivity index (χ2v) is 5.75. The molecule has 1 aliphatic rings. The largest absolute Gasteiger partial charge is 0.494 e. The van der Waals surface area contributed by atoms with Crippen molar-refractivity contribution in [2.45, 2.75) is 25.8 Å². The molecule has 1 heterocycles. The van der Waals surface area contributed by atoms with Gasteiger partial charge in [-0.2, -0.15) is 0 Å². The van der Waals surface area contributed by atoms with E-state index in [9.17, 15) is 0 Å². The molecule has 0 spiro atoms. The first-order valence-electron chi connectivity index (χ1n) is 6.93. The van der Waals surface area contributed by atoms with Crippen molar-refractivity contribution in [2.75, 3.05) is 26.9 Å². The zero-order valence-electron chi connectivity index (χ0n) is 11.6. The second kappa shape index (κ2) is 7.27. The van der Waals surface area contributed by atoms with Crippen LogP contribution in [0.1, 0.15) is 31.4 Å². The third kappa shape index (κ3) is 3.71. The highest BCUT2D eigenvalue weighted by atomic mass is 79.9. The molecule has 1 aromatic rings. The summed E-state index contributed by atoms with van der Waals surface area (Å²) >= 11 is 3.56. The summed E-state index contributed by atoms with van der Waals surface area (Å²) in [6.45, 7) is 4.44. The molecule has 106 valence electrons. The molecule has 0 aromatic heterocycles. The van der Waals surface area contributed by atoms with Crippen molar-refractivity contribution < 1.29 is 9.47 Å². The Morgan fingerprint density at radius 3 is 2.79 bits per heavy atom. The zero-order chi connectivity index (χ0) is 13.7. The van der Waals surface area contributed by atoms with E-state index in [1.165, 1.54) is 5.56 Å². The minimum absolute atomic E-state index is 0.322. The summed E-state index contributed by atoms with van der Waals surface area (Å²) < 4.78 is 12.3. The van der Waals surface area contributed by atoms with Crippen LogP contribution in [0, 0.1) is 5.92 Å². The molecule has 2 rings (SSSR count). The molecule has 4 heteroatoms. The maximum absolute atomic E-state index is 5.77. The van der Waals surface area contributed by atoms with Gasteiger partial charge in [-0.05, 0) is 50.9 Å². The first-order chi connectivity index (χ1) is 9.26. The van der Waals surface area contributed by atoms with Crippen LogP contribution in [0.5, 0.6) is 5.75 Å². The Labute approximate surface area is 123 Å². The quantitative estimate of drug-likeness (QED) is 0.897. The molecule has 1 N–H and O–H groups in total. The molecule has 3 nitrogen and oxygen atoms in total. The SMILES string of the molecule is CCOc1ccc(Br)cc1C(NC)C1CCOCC1. The van der Waals surface area contributed by atoms with Crippen molar-refractivity contribution in [1.29, 1.82) is 0 Å². The summed E-state index contributed by atoms with van der Waals surface area (Å²) in [6, 6.07) is 6.57. The fourth-order valence-corrected chi connectivity index (χ4v) is 3.12. The first kappa shape index (κ1) is 14.8. The monoisotopic (exact) mass is 327 g/mol. The Morgan fingerprint density at radius 1 is 1.42 bits per heavy atom. The van der Waals surface area contributed by atoms with Crippen LogP contribution >= 0.6 is 15.9 Å². The van der Waals surface area contributed by atoms with E-state index in [1.807, 2.05) is 26.1 Å². The van der Waals surface area contributed by atoms with E-state index in [4.69, 9.17) is 9.47 Å². The van der Waals surface area contributed by atoms with Gasteiger partial charge in [0.1, 0.15) is 5.75 Å². The maximum atomic E-state index is 5.77. The van der Waals surface area contributed by atoms with Crippen molar-refractivity contribution in [2.24, 2.45) is 5.92 Å². The average molecular weight is 328 g/mol. The maximum Gasteiger partial charge on any atom is 0.124 e. The molecule has 0 radical (unpaired) electrons. The van der Waals surface area contributed by atoms with Crippen LogP contribution in [0.25, 0.3) is 0 Å². The van der Waals surface area contributed by atoms with Crippen LogP contribution in [-0.2, 0) is 4.74 Å². The van der Waals surface area contributed by atoms with Crippen LogP contribution in [-0.4, -0.2) is 26.9 Å². The molecule has 1 unspecified atom stereocenters. The fraction of sp³-hybridized carbons (Fsp3) is 0.600. The Bertz CT molecular complexity index is 405. The van der Waals surface area contributed by atoms with Crippen LogP contribution in [0.3, 0.4) is 0 Å². The van der Waals surface area contributed by atoms with E-state index < -0.39 is 0 Å². The van der Waals surface area contributed by atoms with Gasteiger partial charge in [0.15, 0.2) is 0 Å². The summed E-state index contributed by atoms with van der Waals surface area (Å²) in [7, 11) is 2.02. The van der Waals surface area contributed by atoms with Crippen LogP contribution < -0.4 is 10.1 Å². The molecule has 0 amide bonds. The highest BCUT2D eigenvalue weighted by Gasteiger charge is 2.26. The van der Waals surface area contributed by atoms with Gasteiger partial charge < -0.3 is 14.8 Å². The van der Waals surface area contributed by atoms with Gasteiger partial charge in [-0.15, -0.1) is 0 Å². The Hall–Kier alpha value is -0.580. The number of hydrogen-bond donors (Lipinski definition) is 1. The molecule has 1 atom stereocenters. The molecular formula is C15H22BrNO2. The topological polar surface area (TPSA) is 30.5 Å². The molecule has 19 heavy (non-hydrogen) atoms. The number of hydrogen-bond acceptors (Lipinski definition) is 3. The van der Waals surface area contributed by atoms with Gasteiger partial charge in [0.25, 0.3) is 0 Å². The minimum atomic E-state index is 0.322. The van der Waals surface area contributed by atoms with E-state index in [-0.39, 0.29) is 0 Å². The van der Waals surface area contributed by atoms with Crippen molar-refractivity contribution in [3.8, 4) is 5.75 Å². The second-order valence-electron chi connectivity index (χ2n) is 4.83. The van der Waals surface area contributed by atoms with Gasteiger partial charge in [-0.1, -0.05) is 15.9 Å². The summed E-state index contributed by atoms with van der Waals surface area (Å²) in [4.78, 5) is 0. The van der Waals surface area contributed by atoms with E-state index in [2.05, 4.69) is 27.3 Å². The predicted octanol–water partition coefficient (Wildman–Crippen LogP) is 3.53. The zero-order valence-corrected chi connectivity index (χ0v) is 13.2. The predicted molar refractivity (Wildman–Crippen MR) is 80.7 cm³/mol. The van der Waals surface area contributed by atoms with Crippen LogP contribution in [0.15, 0.2) is 22.7 Å². The average Bonchev–Trinajstić information content (AvgIpc) is 2.44. The molecule has 0 aliphatic carbocycles. The van der Waals surface area contributed by atoms with Crippen LogP contribution in [0.4, 0.5) is 0 Å². The first-order valence-corrected chi connectivity index (χ1v) is 7.72. The van der Waals surface area contributed by atoms with E-state index >= 15 is 0 Å². The van der Waals surface area contributed by atoms with E-state index in [0.29, 0.717) is 18.6 Å². The minimum Gasteiger partial charge on any atom is -0.494 e.